The molecule has 0 unspecified atom stereocenters. The molecule has 0 heterocycles. The van der Waals surface area contributed by atoms with Crippen molar-refractivity contribution in [2.24, 2.45) is 0 Å². The molecule has 0 aliphatic rings. The van der Waals surface area contributed by atoms with E-state index in [2.05, 4.69) is 39.9 Å². The maximum atomic E-state index is 5.89. The smallest absolute Gasteiger partial charge is 0.144 e. The lowest BCUT2D eigenvalue weighted by atomic mass is 9.95. The maximum Gasteiger partial charge on any atom is 0.144 e. The van der Waals surface area contributed by atoms with E-state index < -0.39 is 0 Å². The highest BCUT2D eigenvalue weighted by Crippen LogP contribution is 2.24. The minimum absolute atomic E-state index is 0.925. The Labute approximate surface area is 97.5 Å². The van der Waals surface area contributed by atoms with Gasteiger partial charge in [0.25, 0.3) is 0 Å². The van der Waals surface area contributed by atoms with E-state index in [-0.39, 0.29) is 0 Å². The second-order valence-electron chi connectivity index (χ2n) is 4.14. The molecule has 0 spiro atoms. The molecular weight excluding hydrogens is 195 g/mol. The van der Waals surface area contributed by atoms with Crippen LogP contribution in [0.1, 0.15) is 11.1 Å². The zero-order valence-corrected chi connectivity index (χ0v) is 9.95. The van der Waals surface area contributed by atoms with Crippen molar-refractivity contribution in [2.75, 3.05) is 0 Å². The lowest BCUT2D eigenvalue weighted by Crippen LogP contribution is -2.05. The third-order valence-corrected chi connectivity index (χ3v) is 2.64. The maximum absolute atomic E-state index is 5.89. The molecule has 0 bridgehead atoms. The van der Waals surface area contributed by atoms with Crippen LogP contribution >= 0.6 is 0 Å². The fourth-order valence-electron chi connectivity index (χ4n) is 1.70. The van der Waals surface area contributed by atoms with Gasteiger partial charge in [0.1, 0.15) is 19.3 Å². The summed E-state index contributed by atoms with van der Waals surface area (Å²) in [6, 6.07) is 14.3. The van der Waals surface area contributed by atoms with E-state index in [0.717, 1.165) is 17.0 Å². The fourth-order valence-corrected chi connectivity index (χ4v) is 1.70. The number of hydrogen-bond acceptors (Lipinski definition) is 1. The van der Waals surface area contributed by atoms with Crippen LogP contribution in [0.15, 0.2) is 42.5 Å². The van der Waals surface area contributed by atoms with Crippen molar-refractivity contribution >= 4 is 13.3 Å². The van der Waals surface area contributed by atoms with Gasteiger partial charge in [-0.25, -0.2) is 0 Å². The number of para-hydroxylation sites is 1. The van der Waals surface area contributed by atoms with Gasteiger partial charge in [0.15, 0.2) is 0 Å². The molecule has 80 valence electrons. The minimum Gasteiger partial charge on any atom is -0.458 e. The van der Waals surface area contributed by atoms with Crippen molar-refractivity contribution in [2.45, 2.75) is 13.8 Å². The Morgan fingerprint density at radius 3 is 2.38 bits per heavy atom. The largest absolute Gasteiger partial charge is 0.458 e. The van der Waals surface area contributed by atoms with Gasteiger partial charge < -0.3 is 4.74 Å². The summed E-state index contributed by atoms with van der Waals surface area (Å²) in [6.45, 7) is 4.16. The van der Waals surface area contributed by atoms with Crippen molar-refractivity contribution in [3.63, 3.8) is 0 Å². The molecular formula is C14H15BO. The molecule has 1 nitrogen and oxygen atoms in total. The quantitative estimate of drug-likeness (QED) is 0.691. The van der Waals surface area contributed by atoms with Crippen molar-refractivity contribution < 1.29 is 4.74 Å². The molecule has 0 aliphatic carbocycles. The standard InChI is InChI=1S/C14H15BO/c1-10-7-8-13(11(2)9-10)16-14-6-4-3-5-12(14)15/h3-9H,15H2,1-2H3. The van der Waals surface area contributed by atoms with Gasteiger partial charge in [-0.05, 0) is 37.0 Å². The number of benzene rings is 2. The van der Waals surface area contributed by atoms with Crippen LogP contribution in [-0.2, 0) is 0 Å². The SMILES string of the molecule is Bc1ccccc1Oc1ccc(C)cc1C. The van der Waals surface area contributed by atoms with E-state index >= 15 is 0 Å². The molecule has 0 saturated carbocycles. The van der Waals surface area contributed by atoms with E-state index in [1.54, 1.807) is 0 Å². The van der Waals surface area contributed by atoms with E-state index in [1.807, 2.05) is 24.3 Å². The van der Waals surface area contributed by atoms with Crippen molar-refractivity contribution in [1.29, 1.82) is 0 Å². The zero-order valence-electron chi connectivity index (χ0n) is 9.95. The van der Waals surface area contributed by atoms with E-state index in [1.165, 1.54) is 11.1 Å². The first kappa shape index (κ1) is 10.8. The van der Waals surface area contributed by atoms with Gasteiger partial charge in [0, 0.05) is 0 Å². The van der Waals surface area contributed by atoms with Crippen LogP contribution in [0, 0.1) is 13.8 Å². The first-order chi connectivity index (χ1) is 7.66. The summed E-state index contributed by atoms with van der Waals surface area (Å²) in [5.41, 5.74) is 3.58. The highest BCUT2D eigenvalue weighted by atomic mass is 16.5. The van der Waals surface area contributed by atoms with Gasteiger partial charge in [-0.15, -0.1) is 0 Å². The molecule has 0 aromatic heterocycles. The molecule has 16 heavy (non-hydrogen) atoms. The van der Waals surface area contributed by atoms with Crippen LogP contribution in [0.4, 0.5) is 0 Å². The Hall–Kier alpha value is -1.70. The van der Waals surface area contributed by atoms with Gasteiger partial charge in [0.2, 0.25) is 0 Å². The molecule has 0 atom stereocenters. The van der Waals surface area contributed by atoms with E-state index in [4.69, 9.17) is 4.74 Å². The Kier molecular flexibility index (Phi) is 3.00. The minimum atomic E-state index is 0.925. The summed E-state index contributed by atoms with van der Waals surface area (Å²) in [5, 5.41) is 0. The van der Waals surface area contributed by atoms with Crippen molar-refractivity contribution in [3.05, 3.63) is 53.6 Å². The van der Waals surface area contributed by atoms with Gasteiger partial charge in [-0.3, -0.25) is 0 Å². The molecule has 2 aromatic carbocycles. The second-order valence-corrected chi connectivity index (χ2v) is 4.14. The number of aryl methyl sites for hydroxylation is 2. The predicted molar refractivity (Wildman–Crippen MR) is 70.6 cm³/mol. The van der Waals surface area contributed by atoms with Crippen LogP contribution in [-0.4, -0.2) is 7.85 Å². The first-order valence-electron chi connectivity index (χ1n) is 5.47. The fraction of sp³-hybridized carbons (Fsp3) is 0.143. The van der Waals surface area contributed by atoms with Crippen molar-refractivity contribution in [3.8, 4) is 11.5 Å². The van der Waals surface area contributed by atoms with Crippen LogP contribution < -0.4 is 10.2 Å². The Morgan fingerprint density at radius 2 is 1.69 bits per heavy atom. The average molecular weight is 210 g/mol. The number of rotatable bonds is 2. The number of ether oxygens (including phenoxy) is 1. The van der Waals surface area contributed by atoms with Crippen LogP contribution in [0.25, 0.3) is 0 Å². The zero-order chi connectivity index (χ0) is 11.5. The highest BCUT2D eigenvalue weighted by molar-refractivity contribution is 6.34. The Balaban J connectivity index is 2.31. The summed E-state index contributed by atoms with van der Waals surface area (Å²) in [4.78, 5) is 0. The molecule has 0 N–H and O–H groups in total. The normalized spacial score (nSPS) is 10.1. The molecule has 0 saturated heterocycles. The van der Waals surface area contributed by atoms with Crippen LogP contribution in [0.3, 0.4) is 0 Å². The van der Waals surface area contributed by atoms with E-state index in [9.17, 15) is 0 Å². The molecule has 2 heteroatoms. The monoisotopic (exact) mass is 210 g/mol. The molecule has 0 fully saturated rings. The molecule has 2 aromatic rings. The van der Waals surface area contributed by atoms with Crippen LogP contribution in [0.5, 0.6) is 11.5 Å². The van der Waals surface area contributed by atoms with E-state index in [0.29, 0.717) is 0 Å². The van der Waals surface area contributed by atoms with Gasteiger partial charge in [-0.2, -0.15) is 0 Å². The molecule has 2 rings (SSSR count). The summed E-state index contributed by atoms with van der Waals surface area (Å²) in [7, 11) is 2.05. The molecule has 0 aliphatic heterocycles. The third kappa shape index (κ3) is 2.27. The topological polar surface area (TPSA) is 9.23 Å². The third-order valence-electron chi connectivity index (χ3n) is 2.64. The average Bonchev–Trinajstić information content (AvgIpc) is 2.25. The summed E-state index contributed by atoms with van der Waals surface area (Å²) < 4.78 is 5.89. The van der Waals surface area contributed by atoms with Crippen LogP contribution in [0.2, 0.25) is 0 Å². The van der Waals surface area contributed by atoms with Gasteiger partial charge in [-0.1, -0.05) is 35.9 Å². The highest BCUT2D eigenvalue weighted by Gasteiger charge is 2.03. The Morgan fingerprint density at radius 1 is 0.938 bits per heavy atom. The summed E-state index contributed by atoms with van der Waals surface area (Å²) >= 11 is 0. The first-order valence-corrected chi connectivity index (χ1v) is 5.47. The van der Waals surface area contributed by atoms with Gasteiger partial charge >= 0.3 is 0 Å². The lowest BCUT2D eigenvalue weighted by Gasteiger charge is -2.11. The Bertz CT molecular complexity index is 506. The van der Waals surface area contributed by atoms with Crippen molar-refractivity contribution in [1.82, 2.24) is 0 Å². The molecule has 0 amide bonds. The predicted octanol–water partition coefficient (Wildman–Crippen LogP) is 2.35. The van der Waals surface area contributed by atoms with Gasteiger partial charge in [0.05, 0.1) is 0 Å². The second kappa shape index (κ2) is 4.44. The summed E-state index contributed by atoms with van der Waals surface area (Å²) in [5.74, 6) is 1.86. The molecule has 0 radical (unpaired) electrons. The lowest BCUT2D eigenvalue weighted by molar-refractivity contribution is 0.482. The summed E-state index contributed by atoms with van der Waals surface area (Å²) in [6.07, 6.45) is 0. The number of hydrogen-bond donors (Lipinski definition) is 0.